The van der Waals surface area contributed by atoms with Crippen molar-refractivity contribution in [1.29, 1.82) is 0 Å². The van der Waals surface area contributed by atoms with Crippen molar-refractivity contribution in [3.63, 3.8) is 0 Å². The van der Waals surface area contributed by atoms with Gasteiger partial charge < -0.3 is 13.7 Å². The van der Waals surface area contributed by atoms with E-state index in [-0.39, 0.29) is 27.7 Å². The van der Waals surface area contributed by atoms with Crippen LogP contribution >= 0.6 is 0 Å². The van der Waals surface area contributed by atoms with Crippen LogP contribution in [0, 0.1) is 0 Å². The van der Waals surface area contributed by atoms with Crippen molar-refractivity contribution in [2.75, 3.05) is 0 Å². The first-order chi connectivity index (χ1) is 36.6. The number of para-hydroxylation sites is 5. The summed E-state index contributed by atoms with van der Waals surface area (Å²) in [5.74, 6) is 0. The topological polar surface area (TPSA) is 14.8 Å². The molecule has 3 heterocycles. The molecule has 238 valence electrons. The SMILES string of the molecule is [2H]c1c([2H])c([2H])c(-c2ccc(-n3c4c([2H])c([2H])c([2H])c([2H])c4c4c([2H])c([2H])c([2H])c(-n5c6c([2H])c([2H])c([2H])c([2H])c6c6c(-n7c8c([2H])c([2H])c([2H])c([2H])c8c8c([2H])c([2H])c([2H])c([2H])c87)c([2H])c([2H])c([2H])c65)c43)cc2)c([2H])c1[2H]. The molecule has 3 heteroatoms. The molecule has 0 saturated heterocycles. The van der Waals surface area contributed by atoms with Crippen molar-refractivity contribution in [2.45, 2.75) is 0 Å². The van der Waals surface area contributed by atoms with Crippen LogP contribution in [0.5, 0.6) is 0 Å². The van der Waals surface area contributed by atoms with Crippen LogP contribution < -0.4 is 0 Å². The lowest BCUT2D eigenvalue weighted by molar-refractivity contribution is 1.13. The molecular weight excluding hydrogens is 619 g/mol. The van der Waals surface area contributed by atoms with Gasteiger partial charge in [-0.25, -0.2) is 0 Å². The monoisotopic (exact) mass is 676 g/mol. The second-order valence-electron chi connectivity index (χ2n) is 11.3. The molecule has 0 aliphatic carbocycles. The quantitative estimate of drug-likeness (QED) is 0.176. The largest absolute Gasteiger partial charge is 0.309 e. The van der Waals surface area contributed by atoms with Crippen LogP contribution in [0.25, 0.3) is 93.6 Å². The van der Waals surface area contributed by atoms with Gasteiger partial charge in [-0.1, -0.05) is 133 Å². The highest BCUT2D eigenvalue weighted by atomic mass is 15.1. The zero-order chi connectivity index (χ0) is 57.0. The van der Waals surface area contributed by atoms with Crippen molar-refractivity contribution in [3.8, 4) is 28.2 Å². The molecule has 0 bridgehead atoms. The fourth-order valence-corrected chi connectivity index (χ4v) is 6.74. The summed E-state index contributed by atoms with van der Waals surface area (Å²) >= 11 is 0. The highest BCUT2D eigenvalue weighted by Gasteiger charge is 2.22. The Morgan fingerprint density at radius 3 is 1.43 bits per heavy atom. The van der Waals surface area contributed by atoms with Crippen molar-refractivity contribution in [1.82, 2.24) is 13.7 Å². The van der Waals surface area contributed by atoms with Crippen LogP contribution in [0.4, 0.5) is 0 Å². The Balaban J connectivity index is 1.43. The Morgan fingerprint density at radius 1 is 0.314 bits per heavy atom. The Hall–Kier alpha value is -6.84. The number of aromatic nitrogens is 3. The summed E-state index contributed by atoms with van der Waals surface area (Å²) in [6.45, 7) is 0. The van der Waals surface area contributed by atoms with E-state index in [1.807, 2.05) is 0 Å². The first-order valence-electron chi connectivity index (χ1n) is 28.8. The van der Waals surface area contributed by atoms with Crippen LogP contribution in [-0.2, 0) is 0 Å². The van der Waals surface area contributed by atoms with Gasteiger partial charge in [0, 0.05) is 38.0 Å². The first kappa shape index (κ1) is 12.5. The van der Waals surface area contributed by atoms with E-state index < -0.39 is 229 Å². The van der Waals surface area contributed by atoms with E-state index in [9.17, 15) is 16.4 Å². The minimum atomic E-state index is -0.997. The second-order valence-corrected chi connectivity index (χ2v) is 11.3. The lowest BCUT2D eigenvalue weighted by atomic mass is 10.1. The van der Waals surface area contributed by atoms with Gasteiger partial charge >= 0.3 is 0 Å². The van der Waals surface area contributed by atoms with E-state index >= 15 is 0 Å². The molecule has 0 saturated carbocycles. The highest BCUT2D eigenvalue weighted by molar-refractivity contribution is 6.18. The fourth-order valence-electron chi connectivity index (χ4n) is 6.74. The van der Waals surface area contributed by atoms with E-state index in [0.717, 1.165) is 13.7 Å². The second kappa shape index (κ2) is 10.8. The molecule has 0 radical (unpaired) electrons. The van der Waals surface area contributed by atoms with Gasteiger partial charge in [0.1, 0.15) is 0 Å². The lowest BCUT2D eigenvalue weighted by Crippen LogP contribution is -2.01. The maximum Gasteiger partial charge on any atom is 0.0782 e. The molecule has 51 heavy (non-hydrogen) atoms. The first-order valence-corrected chi connectivity index (χ1v) is 15.3. The van der Waals surface area contributed by atoms with Crippen LogP contribution in [0.1, 0.15) is 37.0 Å². The molecule has 0 fully saturated rings. The minimum absolute atomic E-state index is 0.0495. The molecule has 0 atom stereocenters. The predicted octanol–water partition coefficient (Wildman–Crippen LogP) is 12.6. The van der Waals surface area contributed by atoms with Gasteiger partial charge in [-0.2, -0.15) is 0 Å². The number of nitrogens with zero attached hydrogens (tertiary/aromatic N) is 3. The standard InChI is InChI=1S/C48H31N3/c1-2-14-32(15-3-1)33-28-30-34(31-29-33)49-40-21-8-6-18-37(40)38-20-12-27-46(48(38)49)51-43-24-11-7-19-39(43)47-44(25-13-26-45(47)51)50-41-22-9-4-16-35(41)36-17-5-10-23-42(36)50/h1-31H/i1D,2D,3D,4D,5D,6D,7D,8D,9D,10D,11D,12D,13D,14D,15D,16D,17D,18D,19D,20D,21D,22D,23D,24D,25D,26D,27D. The summed E-state index contributed by atoms with van der Waals surface area (Å²) in [6.07, 6.45) is 0. The third-order valence-corrected chi connectivity index (χ3v) is 8.79. The Bertz CT molecular complexity index is 4580. The molecule has 8 aromatic carbocycles. The summed E-state index contributed by atoms with van der Waals surface area (Å²) in [6, 6.07) is -16.5. The Kier molecular flexibility index (Phi) is 2.65. The van der Waals surface area contributed by atoms with Gasteiger partial charge in [-0.05, 0) is 65.6 Å². The molecule has 0 amide bonds. The third kappa shape index (κ3) is 4.00. The summed E-state index contributed by atoms with van der Waals surface area (Å²) in [5.41, 5.74) is -4.72. The zero-order valence-corrected chi connectivity index (χ0v) is 25.7. The van der Waals surface area contributed by atoms with Gasteiger partial charge in [0.15, 0.2) is 0 Å². The number of fused-ring (bicyclic) bond motifs is 9. The van der Waals surface area contributed by atoms with E-state index in [2.05, 4.69) is 0 Å². The van der Waals surface area contributed by atoms with Gasteiger partial charge in [-0.3, -0.25) is 0 Å². The van der Waals surface area contributed by atoms with Gasteiger partial charge in [0.2, 0.25) is 0 Å². The van der Waals surface area contributed by atoms with Crippen LogP contribution in [0.15, 0.2) is 187 Å². The normalized spacial score (nSPS) is 19.3. The molecule has 0 aliphatic rings. The summed E-state index contributed by atoms with van der Waals surface area (Å²) < 4.78 is 246. The van der Waals surface area contributed by atoms with Gasteiger partial charge in [0.25, 0.3) is 0 Å². The Labute approximate surface area is 332 Å². The zero-order valence-electron chi connectivity index (χ0n) is 52.7. The number of rotatable bonds is 4. The average Bonchev–Trinajstić information content (AvgIpc) is 4.26. The molecule has 3 aromatic heterocycles. The molecule has 0 spiro atoms. The van der Waals surface area contributed by atoms with Crippen molar-refractivity contribution in [3.05, 3.63) is 187 Å². The van der Waals surface area contributed by atoms with Crippen LogP contribution in [0.2, 0.25) is 0 Å². The maximum absolute atomic E-state index is 9.79. The predicted molar refractivity (Wildman–Crippen MR) is 215 cm³/mol. The summed E-state index contributed by atoms with van der Waals surface area (Å²) in [7, 11) is 0. The van der Waals surface area contributed by atoms with Crippen LogP contribution in [0.3, 0.4) is 0 Å². The van der Waals surface area contributed by atoms with E-state index in [1.165, 1.54) is 24.3 Å². The average molecular weight is 677 g/mol. The fraction of sp³-hybridized carbons (Fsp3) is 0. The molecule has 0 unspecified atom stereocenters. The van der Waals surface area contributed by atoms with E-state index in [0.29, 0.717) is 0 Å². The van der Waals surface area contributed by atoms with Crippen molar-refractivity contribution < 1.29 is 37.0 Å². The van der Waals surface area contributed by atoms with Crippen LogP contribution in [-0.4, -0.2) is 13.7 Å². The lowest BCUT2D eigenvalue weighted by Gasteiger charge is -2.15. The molecule has 11 aromatic rings. The summed E-state index contributed by atoms with van der Waals surface area (Å²) in [5, 5.41) is -2.89. The number of hydrogen-bond acceptors (Lipinski definition) is 0. The van der Waals surface area contributed by atoms with Crippen molar-refractivity contribution in [2.24, 2.45) is 0 Å². The van der Waals surface area contributed by atoms with Gasteiger partial charge in [0.05, 0.1) is 81.5 Å². The molecule has 3 nitrogen and oxygen atoms in total. The number of hydrogen-bond donors (Lipinski definition) is 0. The van der Waals surface area contributed by atoms with E-state index in [1.54, 1.807) is 0 Å². The molecule has 11 rings (SSSR count). The minimum Gasteiger partial charge on any atom is -0.309 e. The molecule has 0 N–H and O–H groups in total. The smallest absolute Gasteiger partial charge is 0.0782 e. The summed E-state index contributed by atoms with van der Waals surface area (Å²) in [4.78, 5) is 0. The highest BCUT2D eigenvalue weighted by Crippen LogP contribution is 2.42. The Morgan fingerprint density at radius 2 is 0.765 bits per heavy atom. The number of benzene rings is 8. The van der Waals surface area contributed by atoms with E-state index in [4.69, 9.17) is 20.6 Å². The third-order valence-electron chi connectivity index (χ3n) is 8.79. The van der Waals surface area contributed by atoms with Crippen molar-refractivity contribution >= 4 is 65.4 Å². The maximum atomic E-state index is 9.79. The molecular formula is C48H31N3. The van der Waals surface area contributed by atoms with Gasteiger partial charge in [-0.15, -0.1) is 0 Å². The molecule has 0 aliphatic heterocycles.